The van der Waals surface area contributed by atoms with E-state index >= 15 is 0 Å². The van der Waals surface area contributed by atoms with Crippen LogP contribution in [0.1, 0.15) is 67.5 Å². The summed E-state index contributed by atoms with van der Waals surface area (Å²) in [4.78, 5) is 12.1. The molecule has 0 saturated carbocycles. The highest BCUT2D eigenvalue weighted by atomic mass is 19.1. The van der Waals surface area contributed by atoms with Crippen molar-refractivity contribution in [3.63, 3.8) is 0 Å². The smallest absolute Gasteiger partial charge is 0.162 e. The molecule has 2 aromatic rings. The summed E-state index contributed by atoms with van der Waals surface area (Å²) in [6.07, 6.45) is 3.82. The SMILES string of the molecule is C=C(CCCCC(=O)c1ccc(F)cc1)OCC(O)c1ccc(OCCCC)cc1. The van der Waals surface area contributed by atoms with E-state index in [-0.39, 0.29) is 18.2 Å². The first-order valence-electron chi connectivity index (χ1n) is 10.5. The van der Waals surface area contributed by atoms with E-state index in [0.717, 1.165) is 30.6 Å². The number of aliphatic hydroxyl groups excluding tert-OH is 1. The maximum Gasteiger partial charge on any atom is 0.162 e. The monoisotopic (exact) mass is 414 g/mol. The van der Waals surface area contributed by atoms with Gasteiger partial charge in [0.1, 0.15) is 24.3 Å². The van der Waals surface area contributed by atoms with Crippen molar-refractivity contribution in [2.75, 3.05) is 13.2 Å². The summed E-state index contributed by atoms with van der Waals surface area (Å²) in [5.74, 6) is 1.03. The Morgan fingerprint density at radius 3 is 2.37 bits per heavy atom. The minimum absolute atomic E-state index is 0.000858. The molecular formula is C25H31FO4. The molecule has 162 valence electrons. The largest absolute Gasteiger partial charge is 0.495 e. The van der Waals surface area contributed by atoms with Crippen LogP contribution in [0.3, 0.4) is 0 Å². The highest BCUT2D eigenvalue weighted by molar-refractivity contribution is 5.95. The highest BCUT2D eigenvalue weighted by Gasteiger charge is 2.10. The molecule has 1 unspecified atom stereocenters. The molecule has 0 heterocycles. The van der Waals surface area contributed by atoms with Crippen LogP contribution < -0.4 is 4.74 Å². The number of carbonyl (C=O) groups is 1. The van der Waals surface area contributed by atoms with Crippen LogP contribution in [0.15, 0.2) is 60.9 Å². The highest BCUT2D eigenvalue weighted by Crippen LogP contribution is 2.20. The molecule has 0 aromatic heterocycles. The van der Waals surface area contributed by atoms with E-state index in [4.69, 9.17) is 9.47 Å². The number of benzene rings is 2. The number of hydrogen-bond acceptors (Lipinski definition) is 4. The molecule has 30 heavy (non-hydrogen) atoms. The van der Waals surface area contributed by atoms with Crippen molar-refractivity contribution in [3.05, 3.63) is 77.8 Å². The number of halogens is 1. The van der Waals surface area contributed by atoms with Crippen molar-refractivity contribution in [3.8, 4) is 5.75 Å². The van der Waals surface area contributed by atoms with E-state index in [1.54, 1.807) is 0 Å². The van der Waals surface area contributed by atoms with Crippen LogP contribution in [0.5, 0.6) is 5.75 Å². The third kappa shape index (κ3) is 8.37. The fourth-order valence-corrected chi connectivity index (χ4v) is 2.87. The van der Waals surface area contributed by atoms with Gasteiger partial charge in [0.25, 0.3) is 0 Å². The maximum absolute atomic E-state index is 12.9. The summed E-state index contributed by atoms with van der Waals surface area (Å²) in [7, 11) is 0. The predicted octanol–water partition coefficient (Wildman–Crippen LogP) is 6.01. The molecule has 2 rings (SSSR count). The Bertz CT molecular complexity index is 784. The fourth-order valence-electron chi connectivity index (χ4n) is 2.87. The van der Waals surface area contributed by atoms with Crippen LogP contribution in [0.2, 0.25) is 0 Å². The molecule has 0 fully saturated rings. The van der Waals surface area contributed by atoms with Crippen molar-refractivity contribution in [1.82, 2.24) is 0 Å². The van der Waals surface area contributed by atoms with Crippen molar-refractivity contribution in [2.24, 2.45) is 0 Å². The first kappa shape index (κ1) is 23.6. The molecule has 0 spiro atoms. The lowest BCUT2D eigenvalue weighted by Gasteiger charge is -2.15. The third-order valence-electron chi connectivity index (χ3n) is 4.75. The van der Waals surface area contributed by atoms with Gasteiger partial charge in [-0.15, -0.1) is 0 Å². The van der Waals surface area contributed by atoms with Crippen LogP contribution in [0.25, 0.3) is 0 Å². The summed E-state index contributed by atoms with van der Waals surface area (Å²) in [6, 6.07) is 13.0. The standard InChI is InChI=1S/C25H31FO4/c1-3-4-17-29-23-15-11-21(12-16-23)25(28)18-30-19(2)7-5-6-8-24(27)20-9-13-22(26)14-10-20/h9-16,25,28H,2-8,17-18H2,1H3. The quantitative estimate of drug-likeness (QED) is 0.234. The van der Waals surface area contributed by atoms with Gasteiger partial charge >= 0.3 is 0 Å². The van der Waals surface area contributed by atoms with Gasteiger partial charge < -0.3 is 14.6 Å². The Hall–Kier alpha value is -2.66. The summed E-state index contributed by atoms with van der Waals surface area (Å²) in [5.41, 5.74) is 1.28. The number of aliphatic hydroxyl groups is 1. The Kier molecular flexibility index (Phi) is 10.1. The van der Waals surface area contributed by atoms with Gasteiger partial charge in [0.05, 0.1) is 12.4 Å². The van der Waals surface area contributed by atoms with Gasteiger partial charge in [-0.25, -0.2) is 4.39 Å². The van der Waals surface area contributed by atoms with Gasteiger partial charge in [-0.05, 0) is 61.2 Å². The Morgan fingerprint density at radius 1 is 1.03 bits per heavy atom. The molecule has 0 aliphatic rings. The molecule has 1 atom stereocenters. The van der Waals surface area contributed by atoms with Gasteiger partial charge in [-0.1, -0.05) is 32.1 Å². The third-order valence-corrected chi connectivity index (χ3v) is 4.75. The molecular weight excluding hydrogens is 383 g/mol. The molecule has 0 amide bonds. The summed E-state index contributed by atoms with van der Waals surface area (Å²) in [5, 5.41) is 10.3. The van der Waals surface area contributed by atoms with Crippen LogP contribution in [0, 0.1) is 5.82 Å². The van der Waals surface area contributed by atoms with Gasteiger partial charge in [-0.2, -0.15) is 0 Å². The summed E-state index contributed by atoms with van der Waals surface area (Å²) in [6.45, 7) is 6.82. The van der Waals surface area contributed by atoms with Gasteiger partial charge in [0.15, 0.2) is 5.78 Å². The van der Waals surface area contributed by atoms with Crippen LogP contribution in [-0.4, -0.2) is 24.1 Å². The number of ketones is 1. The second-order valence-electron chi connectivity index (χ2n) is 7.27. The van der Waals surface area contributed by atoms with E-state index < -0.39 is 6.10 Å². The lowest BCUT2D eigenvalue weighted by atomic mass is 10.0. The van der Waals surface area contributed by atoms with Crippen LogP contribution in [-0.2, 0) is 4.74 Å². The Balaban J connectivity index is 1.63. The number of Topliss-reactive ketones (excluding diaryl/α,β-unsaturated/α-hetero) is 1. The topological polar surface area (TPSA) is 55.8 Å². The lowest BCUT2D eigenvalue weighted by Crippen LogP contribution is -2.07. The second kappa shape index (κ2) is 12.8. The molecule has 0 aliphatic carbocycles. The molecule has 0 saturated heterocycles. The zero-order valence-corrected chi connectivity index (χ0v) is 17.6. The molecule has 0 aliphatic heterocycles. The van der Waals surface area contributed by atoms with Crippen molar-refractivity contribution in [1.29, 1.82) is 0 Å². The van der Waals surface area contributed by atoms with Gasteiger partial charge in [0.2, 0.25) is 0 Å². The number of carbonyl (C=O) groups excluding carboxylic acids is 1. The lowest BCUT2D eigenvalue weighted by molar-refractivity contribution is 0.0682. The minimum atomic E-state index is -0.744. The first-order valence-corrected chi connectivity index (χ1v) is 10.5. The van der Waals surface area contributed by atoms with E-state index in [1.807, 2.05) is 24.3 Å². The summed E-state index contributed by atoms with van der Waals surface area (Å²) >= 11 is 0. The van der Waals surface area contributed by atoms with E-state index in [0.29, 0.717) is 37.2 Å². The fraction of sp³-hybridized carbons (Fsp3) is 0.400. The van der Waals surface area contributed by atoms with Crippen molar-refractivity contribution in [2.45, 2.75) is 51.6 Å². The second-order valence-corrected chi connectivity index (χ2v) is 7.27. The molecule has 0 radical (unpaired) electrons. The number of hydrogen-bond donors (Lipinski definition) is 1. The number of unbranched alkanes of at least 4 members (excludes halogenated alkanes) is 2. The maximum atomic E-state index is 12.9. The predicted molar refractivity (Wildman–Crippen MR) is 116 cm³/mol. The number of rotatable bonds is 14. The van der Waals surface area contributed by atoms with Crippen molar-refractivity contribution >= 4 is 5.78 Å². The van der Waals surface area contributed by atoms with E-state index in [2.05, 4.69) is 13.5 Å². The molecule has 1 N–H and O–H groups in total. The zero-order valence-electron chi connectivity index (χ0n) is 17.6. The summed E-state index contributed by atoms with van der Waals surface area (Å²) < 4.78 is 24.1. The van der Waals surface area contributed by atoms with E-state index in [9.17, 15) is 14.3 Å². The van der Waals surface area contributed by atoms with Crippen LogP contribution in [0.4, 0.5) is 4.39 Å². The van der Waals surface area contributed by atoms with Crippen LogP contribution >= 0.6 is 0 Å². The Morgan fingerprint density at radius 2 is 1.70 bits per heavy atom. The minimum Gasteiger partial charge on any atom is -0.495 e. The molecule has 2 aromatic carbocycles. The zero-order chi connectivity index (χ0) is 21.8. The van der Waals surface area contributed by atoms with Crippen molar-refractivity contribution < 1.29 is 23.8 Å². The Labute approximate surface area is 178 Å². The molecule has 5 heteroatoms. The molecule has 0 bridgehead atoms. The van der Waals surface area contributed by atoms with Gasteiger partial charge in [-0.3, -0.25) is 4.79 Å². The average Bonchev–Trinajstić information content (AvgIpc) is 2.76. The number of ether oxygens (including phenoxy) is 2. The normalized spacial score (nSPS) is 11.7. The molecule has 4 nitrogen and oxygen atoms in total. The first-order chi connectivity index (χ1) is 14.5. The van der Waals surface area contributed by atoms with Gasteiger partial charge in [0, 0.05) is 18.4 Å². The average molecular weight is 415 g/mol. The van der Waals surface area contributed by atoms with E-state index in [1.165, 1.54) is 24.3 Å². The number of allylic oxidation sites excluding steroid dienone is 1.